The average Bonchev–Trinajstić information content (AvgIpc) is 3.22. The molecule has 0 unspecified atom stereocenters. The van der Waals surface area contributed by atoms with Crippen LogP contribution in [0.3, 0.4) is 0 Å². The van der Waals surface area contributed by atoms with Gasteiger partial charge in [-0.15, -0.1) is 11.3 Å². The second-order valence-corrected chi connectivity index (χ2v) is 6.94. The van der Waals surface area contributed by atoms with Crippen molar-refractivity contribution in [2.45, 2.75) is 6.42 Å². The number of benzene rings is 2. The number of aliphatic hydroxyl groups excluding tert-OH is 1. The number of ether oxygens (including phenoxy) is 2. The summed E-state index contributed by atoms with van der Waals surface area (Å²) in [6.07, 6.45) is 3.79. The molecule has 6 nitrogen and oxygen atoms in total. The van der Waals surface area contributed by atoms with Crippen molar-refractivity contribution >= 4 is 28.5 Å². The molecule has 0 aliphatic rings. The fourth-order valence-corrected chi connectivity index (χ4v) is 3.20. The van der Waals surface area contributed by atoms with E-state index in [0.29, 0.717) is 18.2 Å². The minimum absolute atomic E-state index is 0.108. The smallest absolute Gasteiger partial charge is 0.250 e. The number of nitrogens with zero attached hydrogens (tertiary/aromatic N) is 1. The molecule has 0 atom stereocenters. The van der Waals surface area contributed by atoms with Crippen LogP contribution in [0.4, 0.5) is 5.13 Å². The van der Waals surface area contributed by atoms with Crippen molar-refractivity contribution < 1.29 is 19.4 Å². The Balaban J connectivity index is 1.54. The number of anilines is 1. The number of hydrogen-bond acceptors (Lipinski definition) is 6. The maximum absolute atomic E-state index is 12.2. The van der Waals surface area contributed by atoms with Gasteiger partial charge in [-0.25, -0.2) is 4.98 Å². The number of amides is 1. The van der Waals surface area contributed by atoms with Crippen LogP contribution < -0.4 is 14.8 Å². The van der Waals surface area contributed by atoms with Gasteiger partial charge in [-0.1, -0.05) is 12.1 Å². The highest BCUT2D eigenvalue weighted by molar-refractivity contribution is 7.14. The van der Waals surface area contributed by atoms with Gasteiger partial charge in [0.25, 0.3) is 0 Å². The van der Waals surface area contributed by atoms with Crippen LogP contribution >= 0.6 is 11.3 Å². The Labute approximate surface area is 173 Å². The van der Waals surface area contributed by atoms with Crippen molar-refractivity contribution in [3.8, 4) is 22.8 Å². The van der Waals surface area contributed by atoms with Crippen LogP contribution in [-0.4, -0.2) is 36.3 Å². The molecule has 2 aromatic carbocycles. The first-order valence-corrected chi connectivity index (χ1v) is 9.98. The zero-order valence-electron chi connectivity index (χ0n) is 16.0. The number of methoxy groups -OCH3 is 1. The van der Waals surface area contributed by atoms with E-state index < -0.39 is 0 Å². The number of aliphatic hydroxyl groups is 1. The molecular weight excluding hydrogens is 388 g/mol. The molecule has 3 aromatic rings. The van der Waals surface area contributed by atoms with Gasteiger partial charge in [0.15, 0.2) is 5.13 Å². The Morgan fingerprint density at radius 1 is 1.14 bits per heavy atom. The summed E-state index contributed by atoms with van der Waals surface area (Å²) in [5, 5.41) is 14.0. The van der Waals surface area contributed by atoms with E-state index in [2.05, 4.69) is 10.3 Å². The van der Waals surface area contributed by atoms with E-state index in [-0.39, 0.29) is 12.5 Å². The zero-order chi connectivity index (χ0) is 20.5. The first-order chi connectivity index (χ1) is 14.2. The fraction of sp³-hybridized carbons (Fsp3) is 0.182. The van der Waals surface area contributed by atoms with E-state index in [1.807, 2.05) is 53.9 Å². The minimum Gasteiger partial charge on any atom is -0.497 e. The van der Waals surface area contributed by atoms with Crippen LogP contribution in [0, 0.1) is 0 Å². The highest BCUT2D eigenvalue weighted by Gasteiger charge is 2.07. The molecule has 7 heteroatoms. The molecular formula is C22H22N2O4S. The monoisotopic (exact) mass is 410 g/mol. The molecule has 29 heavy (non-hydrogen) atoms. The number of nitrogens with one attached hydrogen (secondary N) is 1. The summed E-state index contributed by atoms with van der Waals surface area (Å²) in [5.74, 6) is 1.27. The van der Waals surface area contributed by atoms with Gasteiger partial charge in [-0.3, -0.25) is 10.1 Å². The maximum Gasteiger partial charge on any atom is 0.250 e. The first kappa shape index (κ1) is 20.6. The predicted octanol–water partition coefficient (Wildman–Crippen LogP) is 4.23. The summed E-state index contributed by atoms with van der Waals surface area (Å²) < 4.78 is 10.6. The Bertz CT molecular complexity index is 950. The van der Waals surface area contributed by atoms with Crippen LogP contribution in [0.5, 0.6) is 11.5 Å². The van der Waals surface area contributed by atoms with Gasteiger partial charge in [0.05, 0.1) is 19.4 Å². The van der Waals surface area contributed by atoms with Gasteiger partial charge in [-0.2, -0.15) is 0 Å². The van der Waals surface area contributed by atoms with Crippen molar-refractivity contribution in [1.29, 1.82) is 0 Å². The quantitative estimate of drug-likeness (QED) is 0.408. The van der Waals surface area contributed by atoms with E-state index >= 15 is 0 Å². The molecule has 2 N–H and O–H groups in total. The van der Waals surface area contributed by atoms with Crippen molar-refractivity contribution in [2.75, 3.05) is 25.6 Å². The molecule has 1 heterocycles. The number of carbonyl (C=O) groups is 1. The van der Waals surface area contributed by atoms with E-state index in [4.69, 9.17) is 14.6 Å². The summed E-state index contributed by atoms with van der Waals surface area (Å²) in [6, 6.07) is 15.0. The summed E-state index contributed by atoms with van der Waals surface area (Å²) in [6.45, 7) is 0.580. The Hall–Kier alpha value is -3.16. The highest BCUT2D eigenvalue weighted by atomic mass is 32.1. The maximum atomic E-state index is 12.2. The number of aromatic nitrogens is 1. The second kappa shape index (κ2) is 10.4. The average molecular weight is 410 g/mol. The van der Waals surface area contributed by atoms with Crippen LogP contribution in [0.1, 0.15) is 12.0 Å². The zero-order valence-corrected chi connectivity index (χ0v) is 16.8. The molecule has 0 spiro atoms. The lowest BCUT2D eigenvalue weighted by Gasteiger charge is -2.04. The molecule has 3 rings (SSSR count). The third-order valence-corrected chi connectivity index (χ3v) is 4.76. The number of rotatable bonds is 9. The molecule has 0 saturated heterocycles. The molecule has 1 aromatic heterocycles. The van der Waals surface area contributed by atoms with Gasteiger partial charge in [0.1, 0.15) is 11.5 Å². The van der Waals surface area contributed by atoms with Crippen LogP contribution in [0.2, 0.25) is 0 Å². The Morgan fingerprint density at radius 3 is 2.55 bits per heavy atom. The normalized spacial score (nSPS) is 10.8. The molecule has 1 amide bonds. The molecule has 150 valence electrons. The molecule has 0 bridgehead atoms. The lowest BCUT2D eigenvalue weighted by molar-refractivity contribution is -0.111. The van der Waals surface area contributed by atoms with Gasteiger partial charge >= 0.3 is 0 Å². The number of carbonyl (C=O) groups excluding carboxylic acids is 1. The lowest BCUT2D eigenvalue weighted by Crippen LogP contribution is -2.07. The predicted molar refractivity (Wildman–Crippen MR) is 115 cm³/mol. The molecule has 0 aliphatic carbocycles. The minimum atomic E-state index is -0.246. The van der Waals surface area contributed by atoms with Gasteiger partial charge < -0.3 is 14.6 Å². The van der Waals surface area contributed by atoms with Crippen LogP contribution in [0.25, 0.3) is 17.3 Å². The Kier molecular flexibility index (Phi) is 7.38. The third-order valence-electron chi connectivity index (χ3n) is 4.00. The van der Waals surface area contributed by atoms with E-state index in [1.54, 1.807) is 13.2 Å². The number of hydrogen-bond donors (Lipinski definition) is 2. The summed E-state index contributed by atoms with van der Waals surface area (Å²) in [5.41, 5.74) is 2.64. The van der Waals surface area contributed by atoms with Crippen molar-refractivity contribution in [3.63, 3.8) is 0 Å². The summed E-state index contributed by atoms with van der Waals surface area (Å²) >= 11 is 1.37. The number of thiazole rings is 1. The fourth-order valence-electron chi connectivity index (χ4n) is 2.47. The van der Waals surface area contributed by atoms with E-state index in [1.165, 1.54) is 17.4 Å². The van der Waals surface area contributed by atoms with E-state index in [9.17, 15) is 4.79 Å². The summed E-state index contributed by atoms with van der Waals surface area (Å²) in [7, 11) is 1.63. The molecule has 0 radical (unpaired) electrons. The van der Waals surface area contributed by atoms with Gasteiger partial charge in [0.2, 0.25) is 5.91 Å². The van der Waals surface area contributed by atoms with Crippen LogP contribution in [-0.2, 0) is 4.79 Å². The summed E-state index contributed by atoms with van der Waals surface area (Å²) in [4.78, 5) is 16.6. The molecule has 0 aliphatic heterocycles. The van der Waals surface area contributed by atoms with Gasteiger partial charge in [0, 0.05) is 30.0 Å². The lowest BCUT2D eigenvalue weighted by atomic mass is 10.2. The molecule has 0 fully saturated rings. The second-order valence-electron chi connectivity index (χ2n) is 6.08. The topological polar surface area (TPSA) is 80.7 Å². The SMILES string of the molecule is COc1ccc(-c2csc(NC(=O)/C=C\c3ccc(OCCCO)cc3)n2)cc1. The first-order valence-electron chi connectivity index (χ1n) is 9.10. The van der Waals surface area contributed by atoms with Crippen molar-refractivity contribution in [1.82, 2.24) is 4.98 Å². The Morgan fingerprint density at radius 2 is 1.86 bits per heavy atom. The van der Waals surface area contributed by atoms with Crippen molar-refractivity contribution in [3.05, 3.63) is 65.6 Å². The third kappa shape index (κ3) is 6.17. The van der Waals surface area contributed by atoms with E-state index in [0.717, 1.165) is 28.3 Å². The van der Waals surface area contributed by atoms with Crippen LogP contribution in [0.15, 0.2) is 60.0 Å². The molecule has 0 saturated carbocycles. The highest BCUT2D eigenvalue weighted by Crippen LogP contribution is 2.26. The standard InChI is InChI=1S/C22H22N2O4S/c1-27-18-10-6-17(7-11-18)20-15-29-22(23-20)24-21(26)12-5-16-3-8-19(9-4-16)28-14-2-13-25/h3-12,15,25H,2,13-14H2,1H3,(H,23,24,26)/b12-5-. The van der Waals surface area contributed by atoms with Crippen molar-refractivity contribution in [2.24, 2.45) is 0 Å². The largest absolute Gasteiger partial charge is 0.497 e. The van der Waals surface area contributed by atoms with Gasteiger partial charge in [-0.05, 0) is 48.0 Å².